The van der Waals surface area contributed by atoms with Crippen molar-refractivity contribution in [2.24, 2.45) is 0 Å². The molecule has 0 spiro atoms. The molecule has 388 valence electrons. The number of aliphatic hydroxyl groups excluding tert-OH is 9. The number of carbonyl (C=O) groups excluding carboxylic acids is 4. The Morgan fingerprint density at radius 1 is 0.559 bits per heavy atom. The molecule has 15 atom stereocenters. The Kier molecular flexibility index (Phi) is 24.7. The van der Waals surface area contributed by atoms with Gasteiger partial charge in [0.1, 0.15) is 78.9 Å². The van der Waals surface area contributed by atoms with Gasteiger partial charge in [0, 0.05) is 39.4 Å². The third-order valence-corrected chi connectivity index (χ3v) is 11.6. The Hall–Kier alpha value is -3.70. The van der Waals surface area contributed by atoms with Gasteiger partial charge >= 0.3 is 0 Å². The second-order valence-electron chi connectivity index (χ2n) is 17.0. The summed E-state index contributed by atoms with van der Waals surface area (Å²) >= 11 is 0. The molecule has 0 aliphatic carbocycles. The van der Waals surface area contributed by atoms with E-state index in [0.717, 1.165) is 24.8 Å². The lowest BCUT2D eigenvalue weighted by Crippen LogP contribution is -2.68. The number of benzene rings is 1. The van der Waals surface area contributed by atoms with Gasteiger partial charge in [-0.15, -0.1) is 0 Å². The molecule has 3 heterocycles. The summed E-state index contributed by atoms with van der Waals surface area (Å²) in [7, 11) is 0. The normalized spacial score (nSPS) is 31.7. The summed E-state index contributed by atoms with van der Waals surface area (Å²) in [6, 6.07) is 6.14. The zero-order valence-electron chi connectivity index (χ0n) is 38.5. The van der Waals surface area contributed by atoms with E-state index in [1.165, 1.54) is 6.92 Å². The van der Waals surface area contributed by atoms with Crippen molar-refractivity contribution in [2.75, 3.05) is 52.7 Å². The molecule has 68 heavy (non-hydrogen) atoms. The summed E-state index contributed by atoms with van der Waals surface area (Å²) in [6.45, 7) is 1.88. The van der Waals surface area contributed by atoms with Gasteiger partial charge in [0.2, 0.25) is 17.7 Å². The fraction of sp³-hybridized carbons (Fsp3) is 0.773. The maximum Gasteiger partial charge on any atom is 0.257 e. The Labute approximate surface area is 394 Å². The number of rotatable bonds is 28. The van der Waals surface area contributed by atoms with Gasteiger partial charge in [-0.3, -0.25) is 19.2 Å². The first-order valence-corrected chi connectivity index (χ1v) is 23.1. The largest absolute Gasteiger partial charge is 0.484 e. The zero-order chi connectivity index (χ0) is 49.8. The number of hydrogen-bond acceptors (Lipinski definition) is 20. The number of carbonyl (C=O) groups is 4. The number of ether oxygens (including phenoxy) is 7. The predicted molar refractivity (Wildman–Crippen MR) is 234 cm³/mol. The van der Waals surface area contributed by atoms with Crippen molar-refractivity contribution in [3.8, 4) is 5.75 Å². The number of nitrogens with one attached hydrogen (secondary N) is 4. The second-order valence-corrected chi connectivity index (χ2v) is 17.0. The number of aliphatic hydroxyl groups is 9. The van der Waals surface area contributed by atoms with E-state index < -0.39 is 118 Å². The van der Waals surface area contributed by atoms with E-state index in [-0.39, 0.29) is 43.9 Å². The van der Waals surface area contributed by atoms with Gasteiger partial charge in [0.25, 0.3) is 5.91 Å². The van der Waals surface area contributed by atoms with Crippen molar-refractivity contribution in [3.63, 3.8) is 0 Å². The van der Waals surface area contributed by atoms with Crippen LogP contribution in [0, 0.1) is 6.92 Å². The van der Waals surface area contributed by atoms with Crippen LogP contribution in [0.2, 0.25) is 0 Å². The minimum Gasteiger partial charge on any atom is -0.484 e. The fourth-order valence-electron chi connectivity index (χ4n) is 7.72. The summed E-state index contributed by atoms with van der Waals surface area (Å²) in [5.74, 6) is -0.407. The summed E-state index contributed by atoms with van der Waals surface area (Å²) < 4.78 is 39.6. The summed E-state index contributed by atoms with van der Waals surface area (Å²) in [5.41, 5.74) is 1.10. The van der Waals surface area contributed by atoms with Crippen molar-refractivity contribution in [2.45, 2.75) is 164 Å². The smallest absolute Gasteiger partial charge is 0.257 e. The van der Waals surface area contributed by atoms with Crippen LogP contribution in [0.1, 0.15) is 70.3 Å². The average Bonchev–Trinajstić information content (AvgIpc) is 3.31. The van der Waals surface area contributed by atoms with Gasteiger partial charge in [-0.05, 0) is 51.2 Å². The van der Waals surface area contributed by atoms with Crippen LogP contribution in [0.3, 0.4) is 0 Å². The minimum atomic E-state index is -1.96. The molecule has 4 amide bonds. The van der Waals surface area contributed by atoms with Crippen molar-refractivity contribution >= 4 is 23.6 Å². The van der Waals surface area contributed by atoms with E-state index >= 15 is 0 Å². The molecule has 0 saturated carbocycles. The Morgan fingerprint density at radius 2 is 1.07 bits per heavy atom. The maximum absolute atomic E-state index is 12.4. The molecule has 0 radical (unpaired) electrons. The van der Waals surface area contributed by atoms with E-state index in [2.05, 4.69) is 21.3 Å². The van der Waals surface area contributed by atoms with Gasteiger partial charge in [-0.2, -0.15) is 0 Å². The van der Waals surface area contributed by atoms with Gasteiger partial charge in [0.05, 0.1) is 26.4 Å². The Morgan fingerprint density at radius 3 is 1.65 bits per heavy atom. The van der Waals surface area contributed by atoms with E-state index in [9.17, 15) is 65.1 Å². The molecule has 24 nitrogen and oxygen atoms in total. The van der Waals surface area contributed by atoms with Crippen LogP contribution in [0.15, 0.2) is 24.3 Å². The SMILES string of the molecule is CC(=O)NC1C(O)[C@H](O[C@@H]2OC(CO)[C@H](O)C(O[C@H]3OC(CO)[C@H](O)C(O)C3O)C2O)C(CO)O[C@H]1OCCCNC(=O)CCCCCNC(=O)CCCCCNC(=O)COc1ccc(C)cc1. The summed E-state index contributed by atoms with van der Waals surface area (Å²) in [5, 5.41) is 105. The lowest BCUT2D eigenvalue weighted by atomic mass is 9.95. The lowest BCUT2D eigenvalue weighted by Gasteiger charge is -2.48. The van der Waals surface area contributed by atoms with E-state index in [4.69, 9.17) is 33.2 Å². The monoisotopic (exact) mass is 976 g/mol. The standard InChI is InChI=1S/C44H72N4O20/c1-24-12-14-26(15-13-24)63-23-32(55)47-17-8-4-6-10-30(53)45-16-7-3-5-11-31(54)46-18-9-19-62-42-33(48-25(2)52)36(58)40(29(22-51)66-42)67-44-39(61)41(35(57)28(21-50)65-44)68-43-38(60)37(59)34(56)27(20-49)64-43/h12-15,27-29,33-44,49-51,56-61H,3-11,16-23H2,1-2H3,(H,45,53)(H,46,54)(H,47,55)(H,48,52)/t27?,28?,29?,33?,34-,35-,36?,37?,38?,39?,40+,41?,42+,43+,44-/m0/s1. The fourth-order valence-corrected chi connectivity index (χ4v) is 7.72. The van der Waals surface area contributed by atoms with Gasteiger partial charge in [-0.25, -0.2) is 0 Å². The van der Waals surface area contributed by atoms with Crippen LogP contribution in [0.25, 0.3) is 0 Å². The Bertz CT molecular complexity index is 1660. The number of unbranched alkanes of at least 4 members (excludes halogenated alkanes) is 4. The highest BCUT2D eigenvalue weighted by molar-refractivity contribution is 5.77. The highest BCUT2D eigenvalue weighted by Crippen LogP contribution is 2.33. The molecule has 9 unspecified atom stereocenters. The maximum atomic E-state index is 12.4. The van der Waals surface area contributed by atoms with Gasteiger partial charge in [0.15, 0.2) is 25.5 Å². The molecule has 3 aliphatic rings. The zero-order valence-corrected chi connectivity index (χ0v) is 38.5. The molecule has 24 heteroatoms. The third-order valence-electron chi connectivity index (χ3n) is 11.6. The van der Waals surface area contributed by atoms with Crippen molar-refractivity contribution in [1.29, 1.82) is 0 Å². The predicted octanol–water partition coefficient (Wildman–Crippen LogP) is -4.16. The van der Waals surface area contributed by atoms with E-state index in [1.54, 1.807) is 0 Å². The van der Waals surface area contributed by atoms with Crippen molar-refractivity contribution in [3.05, 3.63) is 29.8 Å². The van der Waals surface area contributed by atoms with Gasteiger partial charge < -0.3 is 100 Å². The molecule has 1 aromatic carbocycles. The topological polar surface area (TPSA) is 363 Å². The number of hydrogen-bond donors (Lipinski definition) is 13. The molecular weight excluding hydrogens is 904 g/mol. The summed E-state index contributed by atoms with van der Waals surface area (Å²) in [6.07, 6.45) is -18.2. The molecule has 4 rings (SSSR count). The first-order chi connectivity index (χ1) is 32.6. The molecule has 3 fully saturated rings. The van der Waals surface area contributed by atoms with Crippen LogP contribution in [0.5, 0.6) is 5.75 Å². The van der Waals surface area contributed by atoms with Crippen LogP contribution < -0.4 is 26.0 Å². The molecular formula is C44H72N4O20. The second kappa shape index (κ2) is 29.5. The minimum absolute atomic E-state index is 0.0183. The number of amides is 4. The van der Waals surface area contributed by atoms with Crippen LogP contribution >= 0.6 is 0 Å². The average molecular weight is 977 g/mol. The Balaban J connectivity index is 1.11. The molecule has 13 N–H and O–H groups in total. The van der Waals surface area contributed by atoms with Crippen molar-refractivity contribution < 1.29 is 98.3 Å². The lowest BCUT2D eigenvalue weighted by molar-refractivity contribution is -0.376. The molecule has 1 aromatic rings. The van der Waals surface area contributed by atoms with Crippen molar-refractivity contribution in [1.82, 2.24) is 21.3 Å². The first kappa shape index (κ1) is 56.9. The van der Waals surface area contributed by atoms with Crippen LogP contribution in [-0.4, -0.2) is 214 Å². The molecule has 0 bridgehead atoms. The van der Waals surface area contributed by atoms with Crippen LogP contribution in [0.4, 0.5) is 0 Å². The highest BCUT2D eigenvalue weighted by atomic mass is 16.8. The van der Waals surface area contributed by atoms with E-state index in [1.807, 2.05) is 31.2 Å². The molecule has 0 aromatic heterocycles. The number of aryl methyl sites for hydroxylation is 1. The highest BCUT2D eigenvalue weighted by Gasteiger charge is 2.54. The van der Waals surface area contributed by atoms with E-state index in [0.29, 0.717) is 50.9 Å². The quantitative estimate of drug-likeness (QED) is 0.0355. The molecule has 3 aliphatic heterocycles. The summed E-state index contributed by atoms with van der Waals surface area (Å²) in [4.78, 5) is 48.8. The van der Waals surface area contributed by atoms with Gasteiger partial charge in [-0.1, -0.05) is 30.5 Å². The third kappa shape index (κ3) is 17.6. The first-order valence-electron chi connectivity index (χ1n) is 23.1. The van der Waals surface area contributed by atoms with Crippen LogP contribution in [-0.2, 0) is 47.6 Å². The molecule has 3 saturated heterocycles.